The Labute approximate surface area is 143 Å². The molecule has 0 fully saturated rings. The minimum atomic E-state index is -4.45. The van der Waals surface area contributed by atoms with E-state index in [0.29, 0.717) is 12.1 Å². The van der Waals surface area contributed by atoms with Gasteiger partial charge in [-0.05, 0) is 30.2 Å². The quantitative estimate of drug-likeness (QED) is 0.639. The minimum Gasteiger partial charge on any atom is -0.353 e. The van der Waals surface area contributed by atoms with Crippen molar-refractivity contribution in [3.8, 4) is 22.3 Å². The molecule has 1 aromatic heterocycles. The molecule has 25 heavy (non-hydrogen) atoms. The SMILES string of the molecule is CCn1cc(-c2ccccc2)c(=O)c(-c2cccc(C(F)(F)F)c2)c1. The van der Waals surface area contributed by atoms with Crippen molar-refractivity contribution in [3.05, 3.63) is 82.8 Å². The van der Waals surface area contributed by atoms with Crippen molar-refractivity contribution in [3.63, 3.8) is 0 Å². The van der Waals surface area contributed by atoms with Gasteiger partial charge < -0.3 is 4.57 Å². The van der Waals surface area contributed by atoms with Gasteiger partial charge in [-0.2, -0.15) is 13.2 Å². The molecule has 2 nitrogen and oxygen atoms in total. The summed E-state index contributed by atoms with van der Waals surface area (Å²) >= 11 is 0. The van der Waals surface area contributed by atoms with E-state index in [1.807, 2.05) is 37.3 Å². The van der Waals surface area contributed by atoms with Crippen LogP contribution in [0.5, 0.6) is 0 Å². The summed E-state index contributed by atoms with van der Waals surface area (Å²) in [7, 11) is 0. The molecule has 0 aliphatic heterocycles. The van der Waals surface area contributed by atoms with Gasteiger partial charge in [-0.3, -0.25) is 4.79 Å². The second-order valence-corrected chi connectivity index (χ2v) is 5.69. The van der Waals surface area contributed by atoms with Gasteiger partial charge in [0.1, 0.15) is 0 Å². The van der Waals surface area contributed by atoms with Gasteiger partial charge in [0, 0.05) is 30.1 Å². The van der Waals surface area contributed by atoms with Gasteiger partial charge in [0.25, 0.3) is 0 Å². The molecule has 0 saturated heterocycles. The number of pyridine rings is 1. The lowest BCUT2D eigenvalue weighted by molar-refractivity contribution is -0.137. The molecule has 0 atom stereocenters. The first kappa shape index (κ1) is 17.0. The number of aryl methyl sites for hydroxylation is 1. The molecule has 0 amide bonds. The standard InChI is InChI=1S/C20H16F3NO/c1-2-24-12-17(14-7-4-3-5-8-14)19(25)18(13-24)15-9-6-10-16(11-15)20(21,22)23/h3-13H,2H2,1H3. The maximum absolute atomic E-state index is 13.0. The number of nitrogens with zero attached hydrogens (tertiary/aromatic N) is 1. The van der Waals surface area contributed by atoms with E-state index in [0.717, 1.165) is 17.7 Å². The molecule has 0 saturated carbocycles. The first-order valence-electron chi connectivity index (χ1n) is 7.87. The van der Waals surface area contributed by atoms with E-state index in [4.69, 9.17) is 0 Å². The molecule has 0 N–H and O–H groups in total. The first-order chi connectivity index (χ1) is 11.9. The van der Waals surface area contributed by atoms with Crippen LogP contribution in [0.4, 0.5) is 13.2 Å². The Hall–Kier alpha value is -2.82. The van der Waals surface area contributed by atoms with Crippen LogP contribution in [0.3, 0.4) is 0 Å². The third-order valence-corrected chi connectivity index (χ3v) is 4.03. The molecule has 0 unspecified atom stereocenters. The van der Waals surface area contributed by atoms with Crippen LogP contribution in [-0.4, -0.2) is 4.57 Å². The maximum Gasteiger partial charge on any atom is 0.416 e. The second-order valence-electron chi connectivity index (χ2n) is 5.69. The van der Waals surface area contributed by atoms with Crippen molar-refractivity contribution in [1.29, 1.82) is 0 Å². The third-order valence-electron chi connectivity index (χ3n) is 4.03. The topological polar surface area (TPSA) is 22.0 Å². The summed E-state index contributed by atoms with van der Waals surface area (Å²) in [5.41, 5.74) is 0.683. The molecular formula is C20H16F3NO. The predicted octanol–water partition coefficient (Wildman–Crippen LogP) is 5.22. The molecule has 128 valence electrons. The van der Waals surface area contributed by atoms with Crippen molar-refractivity contribution in [1.82, 2.24) is 4.57 Å². The molecule has 1 heterocycles. The smallest absolute Gasteiger partial charge is 0.353 e. The van der Waals surface area contributed by atoms with Crippen molar-refractivity contribution in [2.45, 2.75) is 19.6 Å². The Morgan fingerprint density at radius 2 is 1.48 bits per heavy atom. The Kier molecular flexibility index (Phi) is 4.49. The summed E-state index contributed by atoms with van der Waals surface area (Å²) in [5.74, 6) is 0. The number of aromatic nitrogens is 1. The largest absolute Gasteiger partial charge is 0.416 e. The van der Waals surface area contributed by atoms with Crippen molar-refractivity contribution < 1.29 is 13.2 Å². The second kappa shape index (κ2) is 6.59. The fraction of sp³-hybridized carbons (Fsp3) is 0.150. The lowest BCUT2D eigenvalue weighted by Crippen LogP contribution is -2.13. The van der Waals surface area contributed by atoms with Gasteiger partial charge in [0.05, 0.1) is 5.56 Å². The van der Waals surface area contributed by atoms with E-state index in [-0.39, 0.29) is 16.6 Å². The number of hydrogen-bond acceptors (Lipinski definition) is 1. The molecule has 0 aliphatic rings. The van der Waals surface area contributed by atoms with Gasteiger partial charge in [-0.25, -0.2) is 0 Å². The first-order valence-corrected chi connectivity index (χ1v) is 7.87. The molecule has 3 rings (SSSR count). The highest BCUT2D eigenvalue weighted by atomic mass is 19.4. The predicted molar refractivity (Wildman–Crippen MR) is 92.3 cm³/mol. The monoisotopic (exact) mass is 343 g/mol. The zero-order chi connectivity index (χ0) is 18.0. The van der Waals surface area contributed by atoms with Crippen LogP contribution in [0, 0.1) is 0 Å². The number of rotatable bonds is 3. The highest BCUT2D eigenvalue weighted by Crippen LogP contribution is 2.32. The van der Waals surface area contributed by atoms with Crippen molar-refractivity contribution in [2.24, 2.45) is 0 Å². The van der Waals surface area contributed by atoms with Crippen LogP contribution >= 0.6 is 0 Å². The summed E-state index contributed by atoms with van der Waals surface area (Å²) in [6, 6.07) is 14.0. The zero-order valence-corrected chi connectivity index (χ0v) is 13.5. The summed E-state index contributed by atoms with van der Waals surface area (Å²) in [6.07, 6.45) is -1.12. The van der Waals surface area contributed by atoms with Gasteiger partial charge in [-0.15, -0.1) is 0 Å². The average Bonchev–Trinajstić information content (AvgIpc) is 2.62. The summed E-state index contributed by atoms with van der Waals surface area (Å²) in [5, 5.41) is 0. The van der Waals surface area contributed by atoms with Crippen LogP contribution in [0.25, 0.3) is 22.3 Å². The number of hydrogen-bond donors (Lipinski definition) is 0. The van der Waals surface area contributed by atoms with Crippen LogP contribution in [0.1, 0.15) is 12.5 Å². The van der Waals surface area contributed by atoms with Crippen LogP contribution in [-0.2, 0) is 12.7 Å². The van der Waals surface area contributed by atoms with Crippen LogP contribution in [0.2, 0.25) is 0 Å². The van der Waals surface area contributed by atoms with Gasteiger partial charge in [0.2, 0.25) is 0 Å². The van der Waals surface area contributed by atoms with Gasteiger partial charge in [-0.1, -0.05) is 42.5 Å². The summed E-state index contributed by atoms with van der Waals surface area (Å²) < 4.78 is 40.8. The molecule has 0 radical (unpaired) electrons. The van der Waals surface area contributed by atoms with Crippen LogP contribution in [0.15, 0.2) is 71.8 Å². The molecule has 3 aromatic rings. The Morgan fingerprint density at radius 3 is 2.08 bits per heavy atom. The molecule has 0 bridgehead atoms. The Bertz CT molecular complexity index is 943. The van der Waals surface area contributed by atoms with Crippen LogP contribution < -0.4 is 5.43 Å². The third kappa shape index (κ3) is 3.50. The lowest BCUT2D eigenvalue weighted by atomic mass is 9.99. The number of benzene rings is 2. The summed E-state index contributed by atoms with van der Waals surface area (Å²) in [6.45, 7) is 2.52. The molecular weight excluding hydrogens is 327 g/mol. The van der Waals surface area contributed by atoms with E-state index >= 15 is 0 Å². The fourth-order valence-corrected chi connectivity index (χ4v) is 2.71. The Balaban J connectivity index is 2.22. The molecule has 0 aliphatic carbocycles. The normalized spacial score (nSPS) is 11.5. The van der Waals surface area contributed by atoms with Gasteiger partial charge >= 0.3 is 6.18 Å². The molecule has 2 aromatic carbocycles. The summed E-state index contributed by atoms with van der Waals surface area (Å²) in [4.78, 5) is 12.9. The van der Waals surface area contributed by atoms with E-state index in [1.165, 1.54) is 12.1 Å². The Morgan fingerprint density at radius 1 is 0.880 bits per heavy atom. The van der Waals surface area contributed by atoms with E-state index in [2.05, 4.69) is 0 Å². The lowest BCUT2D eigenvalue weighted by Gasteiger charge is -2.12. The van der Waals surface area contributed by atoms with E-state index < -0.39 is 11.7 Å². The minimum absolute atomic E-state index is 0.259. The maximum atomic E-state index is 13.0. The van der Waals surface area contributed by atoms with E-state index in [1.54, 1.807) is 17.0 Å². The van der Waals surface area contributed by atoms with Gasteiger partial charge in [0.15, 0.2) is 5.43 Å². The molecule has 0 spiro atoms. The highest BCUT2D eigenvalue weighted by Gasteiger charge is 2.30. The highest BCUT2D eigenvalue weighted by molar-refractivity contribution is 5.72. The number of alkyl halides is 3. The molecule has 5 heteroatoms. The fourth-order valence-electron chi connectivity index (χ4n) is 2.71. The van der Waals surface area contributed by atoms with Crippen molar-refractivity contribution in [2.75, 3.05) is 0 Å². The van der Waals surface area contributed by atoms with Crippen molar-refractivity contribution >= 4 is 0 Å². The average molecular weight is 343 g/mol. The zero-order valence-electron chi connectivity index (χ0n) is 13.5. The number of halogens is 3. The van der Waals surface area contributed by atoms with E-state index in [9.17, 15) is 18.0 Å².